The summed E-state index contributed by atoms with van der Waals surface area (Å²) >= 11 is 0. The molecule has 2 rings (SSSR count). The topological polar surface area (TPSA) is 49.4 Å². The first kappa shape index (κ1) is 15.3. The molecule has 4 nitrogen and oxygen atoms in total. The lowest BCUT2D eigenvalue weighted by molar-refractivity contribution is 0.423. The summed E-state index contributed by atoms with van der Waals surface area (Å²) in [4.78, 5) is 2.69. The summed E-state index contributed by atoms with van der Waals surface area (Å²) in [6.45, 7) is 7.86. The van der Waals surface area contributed by atoms with Gasteiger partial charge in [0.05, 0.1) is 16.3 Å². The molecule has 1 fully saturated rings. The van der Waals surface area contributed by atoms with Gasteiger partial charge in [-0.2, -0.15) is 0 Å². The molecule has 1 heterocycles. The molecule has 2 unspecified atom stereocenters. The molecule has 1 aromatic rings. The number of hydrogen-bond acceptors (Lipinski definition) is 4. The Bertz CT molecular complexity index is 557. The van der Waals surface area contributed by atoms with E-state index >= 15 is 0 Å². The Hall–Kier alpha value is -1.07. The van der Waals surface area contributed by atoms with Crippen LogP contribution in [0, 0.1) is 0 Å². The molecule has 0 bridgehead atoms. The Morgan fingerprint density at radius 2 is 2.00 bits per heavy atom. The molecule has 20 heavy (non-hydrogen) atoms. The predicted molar refractivity (Wildman–Crippen MR) is 83.1 cm³/mol. The van der Waals surface area contributed by atoms with Gasteiger partial charge in [0.25, 0.3) is 0 Å². The zero-order valence-electron chi connectivity index (χ0n) is 12.5. The number of nitrogens with zero attached hydrogens (tertiary/aromatic N) is 1. The van der Waals surface area contributed by atoms with Crippen LogP contribution in [0.15, 0.2) is 29.2 Å². The number of nitrogens with one attached hydrogen (secondary N) is 1. The third-order valence-corrected chi connectivity index (χ3v) is 5.71. The molecule has 0 spiro atoms. The molecule has 1 aromatic carbocycles. The molecule has 0 amide bonds. The molecule has 1 saturated heterocycles. The fourth-order valence-corrected chi connectivity index (χ4v) is 4.24. The zero-order valence-corrected chi connectivity index (χ0v) is 13.3. The van der Waals surface area contributed by atoms with Gasteiger partial charge < -0.3 is 10.2 Å². The van der Waals surface area contributed by atoms with Crippen molar-refractivity contribution in [3.05, 3.63) is 24.3 Å². The Morgan fingerprint density at radius 1 is 1.30 bits per heavy atom. The molecule has 112 valence electrons. The number of sulfone groups is 1. The average molecular weight is 296 g/mol. The van der Waals surface area contributed by atoms with E-state index in [1.54, 1.807) is 6.07 Å². The van der Waals surface area contributed by atoms with Crippen LogP contribution in [0.4, 0.5) is 5.69 Å². The van der Waals surface area contributed by atoms with Gasteiger partial charge in [-0.15, -0.1) is 0 Å². The second-order valence-electron chi connectivity index (χ2n) is 5.60. The van der Waals surface area contributed by atoms with Crippen molar-refractivity contribution in [1.29, 1.82) is 0 Å². The highest BCUT2D eigenvalue weighted by molar-refractivity contribution is 7.91. The lowest BCUT2D eigenvalue weighted by Crippen LogP contribution is -2.54. The predicted octanol–water partition coefficient (Wildman–Crippen LogP) is 2.06. The molecule has 0 radical (unpaired) electrons. The van der Waals surface area contributed by atoms with Crippen LogP contribution in [0.3, 0.4) is 0 Å². The lowest BCUT2D eigenvalue weighted by Gasteiger charge is -2.40. The summed E-state index contributed by atoms with van der Waals surface area (Å²) in [7, 11) is -3.19. The van der Waals surface area contributed by atoms with E-state index in [9.17, 15) is 8.42 Å². The number of anilines is 1. The minimum absolute atomic E-state index is 0.208. The summed E-state index contributed by atoms with van der Waals surface area (Å²) in [6.07, 6.45) is 0.643. The maximum Gasteiger partial charge on any atom is 0.180 e. The van der Waals surface area contributed by atoms with Crippen molar-refractivity contribution in [2.45, 2.75) is 44.2 Å². The van der Waals surface area contributed by atoms with E-state index in [1.165, 1.54) is 0 Å². The van der Waals surface area contributed by atoms with Gasteiger partial charge in [0.2, 0.25) is 0 Å². The minimum atomic E-state index is -3.19. The van der Waals surface area contributed by atoms with E-state index in [2.05, 4.69) is 24.1 Å². The van der Waals surface area contributed by atoms with Crippen molar-refractivity contribution in [1.82, 2.24) is 5.32 Å². The van der Waals surface area contributed by atoms with Crippen LogP contribution in [-0.4, -0.2) is 39.3 Å². The van der Waals surface area contributed by atoms with Crippen LogP contribution in [0.5, 0.6) is 0 Å². The van der Waals surface area contributed by atoms with Gasteiger partial charge in [0.1, 0.15) is 0 Å². The van der Waals surface area contributed by atoms with E-state index in [0.717, 1.165) is 18.8 Å². The lowest BCUT2D eigenvalue weighted by atomic mass is 10.1. The van der Waals surface area contributed by atoms with Gasteiger partial charge in [-0.25, -0.2) is 8.42 Å². The Balaban J connectivity index is 2.42. The van der Waals surface area contributed by atoms with Crippen molar-refractivity contribution in [2.75, 3.05) is 23.7 Å². The maximum atomic E-state index is 12.4. The van der Waals surface area contributed by atoms with E-state index in [4.69, 9.17) is 0 Å². The summed E-state index contributed by atoms with van der Waals surface area (Å²) in [5, 5.41) is 3.42. The number of rotatable bonds is 4. The second kappa shape index (κ2) is 6.14. The Kier molecular flexibility index (Phi) is 4.70. The van der Waals surface area contributed by atoms with Crippen LogP contribution < -0.4 is 10.2 Å². The molecule has 0 saturated carbocycles. The standard InChI is InChI=1S/C15H24N2O2S/c1-4-9-20(18,19)15-8-6-5-7-14(15)17-11-12(2)16-10-13(17)3/h5-8,12-13,16H,4,9-11H2,1-3H3. The van der Waals surface area contributed by atoms with E-state index in [-0.39, 0.29) is 5.75 Å². The molecule has 0 aliphatic carbocycles. The summed E-state index contributed by atoms with van der Waals surface area (Å²) in [5.41, 5.74) is 0.849. The third kappa shape index (κ3) is 3.15. The minimum Gasteiger partial charge on any atom is -0.365 e. The highest BCUT2D eigenvalue weighted by Crippen LogP contribution is 2.29. The first-order chi connectivity index (χ1) is 9.45. The van der Waals surface area contributed by atoms with E-state index in [0.29, 0.717) is 23.4 Å². The SMILES string of the molecule is CCCS(=O)(=O)c1ccccc1N1CC(C)NCC1C. The zero-order chi connectivity index (χ0) is 14.8. The first-order valence-corrected chi connectivity index (χ1v) is 8.92. The van der Waals surface area contributed by atoms with Crippen LogP contribution in [-0.2, 0) is 9.84 Å². The largest absolute Gasteiger partial charge is 0.365 e. The summed E-state index contributed by atoms with van der Waals surface area (Å²) < 4.78 is 24.9. The van der Waals surface area contributed by atoms with Gasteiger partial charge >= 0.3 is 0 Å². The van der Waals surface area contributed by atoms with E-state index in [1.807, 2.05) is 25.1 Å². The van der Waals surface area contributed by atoms with Gasteiger partial charge in [-0.05, 0) is 32.4 Å². The number of para-hydroxylation sites is 1. The summed E-state index contributed by atoms with van der Waals surface area (Å²) in [5.74, 6) is 0.208. The van der Waals surface area contributed by atoms with Crippen LogP contribution in [0.25, 0.3) is 0 Å². The Labute approximate surface area is 122 Å². The molecule has 1 N–H and O–H groups in total. The highest BCUT2D eigenvalue weighted by atomic mass is 32.2. The highest BCUT2D eigenvalue weighted by Gasteiger charge is 2.27. The Morgan fingerprint density at radius 3 is 2.70 bits per heavy atom. The third-order valence-electron chi connectivity index (χ3n) is 3.75. The van der Waals surface area contributed by atoms with Crippen molar-refractivity contribution in [3.8, 4) is 0 Å². The van der Waals surface area contributed by atoms with Crippen molar-refractivity contribution in [3.63, 3.8) is 0 Å². The molecule has 0 aromatic heterocycles. The normalized spacial score (nSPS) is 23.9. The van der Waals surface area contributed by atoms with Crippen molar-refractivity contribution in [2.24, 2.45) is 0 Å². The van der Waals surface area contributed by atoms with Gasteiger partial charge in [0, 0.05) is 25.2 Å². The first-order valence-electron chi connectivity index (χ1n) is 7.27. The monoisotopic (exact) mass is 296 g/mol. The average Bonchev–Trinajstić information content (AvgIpc) is 2.41. The number of benzene rings is 1. The second-order valence-corrected chi connectivity index (χ2v) is 7.67. The molecule has 2 atom stereocenters. The van der Waals surface area contributed by atoms with Gasteiger partial charge in [-0.1, -0.05) is 19.1 Å². The molecule has 1 aliphatic heterocycles. The van der Waals surface area contributed by atoms with E-state index < -0.39 is 9.84 Å². The fraction of sp³-hybridized carbons (Fsp3) is 0.600. The van der Waals surface area contributed by atoms with Crippen LogP contribution in [0.1, 0.15) is 27.2 Å². The smallest absolute Gasteiger partial charge is 0.180 e. The maximum absolute atomic E-state index is 12.4. The van der Waals surface area contributed by atoms with Crippen molar-refractivity contribution < 1.29 is 8.42 Å². The quantitative estimate of drug-likeness (QED) is 0.924. The van der Waals surface area contributed by atoms with Crippen LogP contribution in [0.2, 0.25) is 0 Å². The summed E-state index contributed by atoms with van der Waals surface area (Å²) in [6, 6.07) is 8.05. The van der Waals surface area contributed by atoms with Crippen LogP contribution >= 0.6 is 0 Å². The van der Waals surface area contributed by atoms with Gasteiger partial charge in [-0.3, -0.25) is 0 Å². The molecule has 1 aliphatic rings. The molecular formula is C15H24N2O2S. The van der Waals surface area contributed by atoms with Crippen molar-refractivity contribution >= 4 is 15.5 Å². The van der Waals surface area contributed by atoms with Gasteiger partial charge in [0.15, 0.2) is 9.84 Å². The fourth-order valence-electron chi connectivity index (χ4n) is 2.69. The number of hydrogen-bond donors (Lipinski definition) is 1. The number of piperazine rings is 1. The molecular weight excluding hydrogens is 272 g/mol. The molecule has 5 heteroatoms.